The molecule has 0 spiro atoms. The lowest BCUT2D eigenvalue weighted by Gasteiger charge is -2.43. The molecule has 0 bridgehead atoms. The Morgan fingerprint density at radius 2 is 1.13 bits per heavy atom. The van der Waals surface area contributed by atoms with Crippen LogP contribution in [0.25, 0.3) is 33.5 Å². The largest absolute Gasteiger partial charge is 0.457 e. The van der Waals surface area contributed by atoms with Crippen molar-refractivity contribution in [2.24, 2.45) is 0 Å². The summed E-state index contributed by atoms with van der Waals surface area (Å²) in [6.07, 6.45) is 4.30. The lowest BCUT2D eigenvalue weighted by Crippen LogP contribution is -2.75. The summed E-state index contributed by atoms with van der Waals surface area (Å²) in [5, 5.41) is 5.21. The molecule has 1 aliphatic heterocycles. The van der Waals surface area contributed by atoms with Gasteiger partial charge in [-0.15, -0.1) is 0 Å². The smallest absolute Gasteiger partial charge is 0.220 e. The molecular formula is C50H43N3OSi. The van der Waals surface area contributed by atoms with E-state index in [1.165, 1.54) is 31.9 Å². The maximum absolute atomic E-state index is 7.29. The number of fused-ring (bicyclic) bond motifs is 7. The molecule has 0 saturated heterocycles. The maximum Gasteiger partial charge on any atom is 0.220 e. The summed E-state index contributed by atoms with van der Waals surface area (Å²) in [5.74, 6) is 2.92. The Hall–Kier alpha value is -6.17. The van der Waals surface area contributed by atoms with Gasteiger partial charge in [-0.25, -0.2) is 4.98 Å². The second kappa shape index (κ2) is 13.3. The first-order valence-electron chi connectivity index (χ1n) is 19.7. The van der Waals surface area contributed by atoms with Gasteiger partial charge in [0.25, 0.3) is 0 Å². The first kappa shape index (κ1) is 33.4. The van der Waals surface area contributed by atoms with Gasteiger partial charge >= 0.3 is 0 Å². The van der Waals surface area contributed by atoms with E-state index in [2.05, 4.69) is 199 Å². The molecule has 268 valence electrons. The third kappa shape index (κ3) is 4.92. The van der Waals surface area contributed by atoms with Crippen LogP contribution in [0.15, 0.2) is 176 Å². The Bertz CT molecular complexity index is 2790. The fraction of sp³-hybridized carbons (Fsp3) is 0.140. The SMILES string of the molecule is CCCC1(CCC)c2ccccc2Oc2c1cccc2[Si](c1ccccc1)(c1ccccc1)c1cccc(-n2c3ccccc3n3c4ccccc4nc23)c1. The summed E-state index contributed by atoms with van der Waals surface area (Å²) in [5.41, 5.74) is 7.93. The van der Waals surface area contributed by atoms with Crippen molar-refractivity contribution in [2.45, 2.75) is 44.9 Å². The van der Waals surface area contributed by atoms with Crippen molar-refractivity contribution in [3.05, 3.63) is 187 Å². The summed E-state index contributed by atoms with van der Waals surface area (Å²) in [6, 6.07) is 64.7. The molecule has 0 aliphatic carbocycles. The Labute approximate surface area is 323 Å². The van der Waals surface area contributed by atoms with E-state index >= 15 is 0 Å². The maximum atomic E-state index is 7.29. The highest BCUT2D eigenvalue weighted by Crippen LogP contribution is 2.52. The molecule has 10 rings (SSSR count). The number of ether oxygens (including phenoxy) is 1. The molecule has 0 N–H and O–H groups in total. The average molecular weight is 730 g/mol. The minimum atomic E-state index is -3.09. The zero-order valence-corrected chi connectivity index (χ0v) is 32.3. The van der Waals surface area contributed by atoms with Crippen LogP contribution in [-0.2, 0) is 5.41 Å². The minimum absolute atomic E-state index is 0.141. The second-order valence-corrected chi connectivity index (χ2v) is 18.7. The molecule has 0 amide bonds. The summed E-state index contributed by atoms with van der Waals surface area (Å²) >= 11 is 0. The third-order valence-electron chi connectivity index (χ3n) is 12.0. The van der Waals surface area contributed by atoms with Crippen LogP contribution in [0.5, 0.6) is 11.5 Å². The average Bonchev–Trinajstić information content (AvgIpc) is 3.77. The van der Waals surface area contributed by atoms with Crippen LogP contribution in [0.3, 0.4) is 0 Å². The predicted octanol–water partition coefficient (Wildman–Crippen LogP) is 9.80. The molecule has 0 radical (unpaired) electrons. The lowest BCUT2D eigenvalue weighted by atomic mass is 9.67. The van der Waals surface area contributed by atoms with Gasteiger partial charge in [-0.1, -0.05) is 160 Å². The van der Waals surface area contributed by atoms with Crippen molar-refractivity contribution in [2.75, 3.05) is 0 Å². The fourth-order valence-electron chi connectivity index (χ4n) is 9.87. The number of hydrogen-bond donors (Lipinski definition) is 0. The van der Waals surface area contributed by atoms with E-state index in [4.69, 9.17) is 9.72 Å². The molecule has 3 heterocycles. The standard InChI is InChI=1S/C50H43N3OSi/c1-3-33-50(34-4-2)40-25-11-16-31-46(40)54-48-41(50)26-18-32-47(48)55(37-20-7-5-8-21-37,38-22-9-6-10-23-38)39-24-17-19-36(35-39)52-44-29-14-15-30-45(44)53-43-28-13-12-27-42(43)51-49(52)53/h5-32,35H,3-4,33-34H2,1-2H3. The normalized spacial score (nSPS) is 13.5. The first-order valence-corrected chi connectivity index (χ1v) is 21.7. The molecule has 5 heteroatoms. The molecule has 7 aromatic carbocycles. The number of nitrogens with zero attached hydrogens (tertiary/aromatic N) is 3. The number of rotatable bonds is 9. The van der Waals surface area contributed by atoms with Gasteiger partial charge < -0.3 is 4.74 Å². The van der Waals surface area contributed by atoms with E-state index in [1.807, 2.05) is 0 Å². The van der Waals surface area contributed by atoms with Crippen molar-refractivity contribution in [3.63, 3.8) is 0 Å². The highest BCUT2D eigenvalue weighted by Gasteiger charge is 2.48. The molecule has 55 heavy (non-hydrogen) atoms. The number of aromatic nitrogens is 3. The van der Waals surface area contributed by atoms with Gasteiger partial charge in [0.1, 0.15) is 11.5 Å². The van der Waals surface area contributed by atoms with Crippen LogP contribution in [0.1, 0.15) is 50.7 Å². The third-order valence-corrected chi connectivity index (χ3v) is 16.7. The van der Waals surface area contributed by atoms with E-state index in [-0.39, 0.29) is 5.41 Å². The highest BCUT2D eigenvalue weighted by molar-refractivity contribution is 7.20. The summed E-state index contributed by atoms with van der Waals surface area (Å²) < 4.78 is 11.9. The van der Waals surface area contributed by atoms with Gasteiger partial charge in [-0.3, -0.25) is 8.97 Å². The Kier molecular flexibility index (Phi) is 8.07. The molecule has 0 unspecified atom stereocenters. The zero-order chi connectivity index (χ0) is 37.0. The quantitative estimate of drug-likeness (QED) is 0.110. The van der Waals surface area contributed by atoms with E-state index < -0.39 is 8.07 Å². The van der Waals surface area contributed by atoms with Crippen molar-refractivity contribution in [3.8, 4) is 17.2 Å². The monoisotopic (exact) mass is 729 g/mol. The molecule has 2 aromatic heterocycles. The van der Waals surface area contributed by atoms with Crippen LogP contribution in [0.2, 0.25) is 0 Å². The molecule has 0 fully saturated rings. The van der Waals surface area contributed by atoms with E-state index in [0.29, 0.717) is 0 Å². The highest BCUT2D eigenvalue weighted by atomic mass is 28.3. The number of benzene rings is 7. The number of hydrogen-bond acceptors (Lipinski definition) is 2. The van der Waals surface area contributed by atoms with Crippen molar-refractivity contribution in [1.82, 2.24) is 14.0 Å². The van der Waals surface area contributed by atoms with Crippen LogP contribution in [-0.4, -0.2) is 22.0 Å². The Balaban J connectivity index is 1.31. The Morgan fingerprint density at radius 3 is 1.85 bits per heavy atom. The van der Waals surface area contributed by atoms with Crippen molar-refractivity contribution >= 4 is 56.7 Å². The summed E-state index contributed by atoms with van der Waals surface area (Å²) in [7, 11) is -3.09. The van der Waals surface area contributed by atoms with E-state index in [1.54, 1.807) is 0 Å². The van der Waals surface area contributed by atoms with E-state index in [0.717, 1.165) is 70.7 Å². The Morgan fingerprint density at radius 1 is 0.545 bits per heavy atom. The fourth-order valence-corrected chi connectivity index (χ4v) is 14.8. The topological polar surface area (TPSA) is 31.5 Å². The predicted molar refractivity (Wildman–Crippen MR) is 230 cm³/mol. The van der Waals surface area contributed by atoms with Gasteiger partial charge in [0.15, 0.2) is 8.07 Å². The zero-order valence-electron chi connectivity index (χ0n) is 31.3. The van der Waals surface area contributed by atoms with Crippen molar-refractivity contribution < 1.29 is 4.74 Å². The van der Waals surface area contributed by atoms with Crippen molar-refractivity contribution in [1.29, 1.82) is 0 Å². The van der Waals surface area contributed by atoms with Gasteiger partial charge in [0.2, 0.25) is 5.78 Å². The van der Waals surface area contributed by atoms with Crippen LogP contribution < -0.4 is 25.5 Å². The number of para-hydroxylation sites is 6. The summed E-state index contributed by atoms with van der Waals surface area (Å²) in [6.45, 7) is 4.64. The molecule has 9 aromatic rings. The van der Waals surface area contributed by atoms with Gasteiger partial charge in [-0.2, -0.15) is 0 Å². The van der Waals surface area contributed by atoms with Crippen LogP contribution >= 0.6 is 0 Å². The van der Waals surface area contributed by atoms with E-state index in [9.17, 15) is 0 Å². The molecular weight excluding hydrogens is 687 g/mol. The molecule has 0 atom stereocenters. The van der Waals surface area contributed by atoms with Crippen LogP contribution in [0, 0.1) is 0 Å². The van der Waals surface area contributed by atoms with Gasteiger partial charge in [0, 0.05) is 22.2 Å². The number of imidazole rings is 2. The summed E-state index contributed by atoms with van der Waals surface area (Å²) in [4.78, 5) is 5.24. The molecule has 4 nitrogen and oxygen atoms in total. The molecule has 1 aliphatic rings. The minimum Gasteiger partial charge on any atom is -0.457 e. The lowest BCUT2D eigenvalue weighted by molar-refractivity contribution is 0.354. The van der Waals surface area contributed by atoms with Crippen LogP contribution in [0.4, 0.5) is 0 Å². The first-order chi connectivity index (χ1) is 27.2. The van der Waals surface area contributed by atoms with Gasteiger partial charge in [-0.05, 0) is 76.1 Å². The van der Waals surface area contributed by atoms with Gasteiger partial charge in [0.05, 0.1) is 22.1 Å². The second-order valence-electron chi connectivity index (χ2n) is 15.0. The molecule has 0 saturated carbocycles.